The Morgan fingerprint density at radius 2 is 2.25 bits per heavy atom. The van der Waals surface area contributed by atoms with Gasteiger partial charge in [-0.15, -0.1) is 0 Å². The molecule has 1 aromatic heterocycles. The van der Waals surface area contributed by atoms with Crippen molar-refractivity contribution in [3.63, 3.8) is 0 Å². The van der Waals surface area contributed by atoms with Gasteiger partial charge in [0.1, 0.15) is 5.82 Å². The van der Waals surface area contributed by atoms with Crippen LogP contribution in [0.3, 0.4) is 0 Å². The first-order chi connectivity index (χ1) is 7.63. The fourth-order valence-corrected chi connectivity index (χ4v) is 2.01. The maximum absolute atomic E-state index is 11.6. The summed E-state index contributed by atoms with van der Waals surface area (Å²) in [6.45, 7) is 4.08. The number of aromatic nitrogens is 1. The van der Waals surface area contributed by atoms with Gasteiger partial charge in [0.05, 0.1) is 0 Å². The average Bonchev–Trinajstić information content (AvgIpc) is 2.23. The van der Waals surface area contributed by atoms with Crippen molar-refractivity contribution in [3.05, 3.63) is 21.4 Å². The van der Waals surface area contributed by atoms with Crippen molar-refractivity contribution in [1.82, 2.24) is 4.98 Å². The van der Waals surface area contributed by atoms with Crippen molar-refractivity contribution in [1.29, 1.82) is 0 Å². The maximum atomic E-state index is 11.6. The fraction of sp³-hybridized carbons (Fsp3) is 0.500. The van der Waals surface area contributed by atoms with E-state index in [-0.39, 0.29) is 5.91 Å². The summed E-state index contributed by atoms with van der Waals surface area (Å²) >= 11 is 2.21. The summed E-state index contributed by atoms with van der Waals surface area (Å²) in [4.78, 5) is 15.8. The van der Waals surface area contributed by atoms with Crippen LogP contribution in [0.1, 0.15) is 38.2 Å². The van der Waals surface area contributed by atoms with Crippen LogP contribution in [0.15, 0.2) is 12.3 Å². The number of nitrogens with zero attached hydrogens (tertiary/aromatic N) is 1. The maximum Gasteiger partial charge on any atom is 0.225 e. The molecule has 3 nitrogen and oxygen atoms in total. The van der Waals surface area contributed by atoms with E-state index in [1.807, 2.05) is 13.0 Å². The third-order valence-corrected chi connectivity index (χ3v) is 2.90. The standard InChI is InChI=1S/C12H17IN2O/c1-3-4-5-6-11(16)15-12-9(2)7-10(13)8-14-12/h7-8H,3-6H2,1-2H3,(H,14,15,16). The van der Waals surface area contributed by atoms with Gasteiger partial charge < -0.3 is 5.32 Å². The fourth-order valence-electron chi connectivity index (χ4n) is 1.40. The molecule has 1 rings (SSSR count). The van der Waals surface area contributed by atoms with Gasteiger partial charge in [0.15, 0.2) is 0 Å². The third kappa shape index (κ3) is 4.47. The highest BCUT2D eigenvalue weighted by Crippen LogP contribution is 2.14. The van der Waals surface area contributed by atoms with E-state index in [0.717, 1.165) is 28.4 Å². The second-order valence-corrected chi connectivity index (χ2v) is 5.07. The minimum Gasteiger partial charge on any atom is -0.310 e. The highest BCUT2D eigenvalue weighted by atomic mass is 127. The number of unbranched alkanes of at least 4 members (excludes halogenated alkanes) is 2. The van der Waals surface area contributed by atoms with Crippen molar-refractivity contribution < 1.29 is 4.79 Å². The molecule has 0 aliphatic carbocycles. The molecule has 4 heteroatoms. The number of anilines is 1. The van der Waals surface area contributed by atoms with Crippen molar-refractivity contribution >= 4 is 34.3 Å². The highest BCUT2D eigenvalue weighted by Gasteiger charge is 2.05. The van der Waals surface area contributed by atoms with E-state index < -0.39 is 0 Å². The number of hydrogen-bond acceptors (Lipinski definition) is 2. The molecule has 0 unspecified atom stereocenters. The van der Waals surface area contributed by atoms with Crippen LogP contribution in [-0.2, 0) is 4.79 Å². The van der Waals surface area contributed by atoms with Gasteiger partial charge in [0.2, 0.25) is 5.91 Å². The van der Waals surface area contributed by atoms with E-state index in [0.29, 0.717) is 12.2 Å². The number of halogens is 1. The Balaban J connectivity index is 2.49. The van der Waals surface area contributed by atoms with E-state index in [2.05, 4.69) is 39.8 Å². The minimum absolute atomic E-state index is 0.0604. The minimum atomic E-state index is 0.0604. The Morgan fingerprint density at radius 1 is 1.50 bits per heavy atom. The Bertz CT molecular complexity index is 366. The first-order valence-corrected chi connectivity index (χ1v) is 6.63. The van der Waals surface area contributed by atoms with Crippen molar-refractivity contribution in [2.24, 2.45) is 0 Å². The SMILES string of the molecule is CCCCCC(=O)Nc1ncc(I)cc1C. The van der Waals surface area contributed by atoms with Gasteiger partial charge >= 0.3 is 0 Å². The lowest BCUT2D eigenvalue weighted by Crippen LogP contribution is -2.13. The van der Waals surface area contributed by atoms with Crippen LogP contribution < -0.4 is 5.32 Å². The number of carbonyl (C=O) groups is 1. The summed E-state index contributed by atoms with van der Waals surface area (Å²) in [6.07, 6.45) is 5.53. The summed E-state index contributed by atoms with van der Waals surface area (Å²) in [5.74, 6) is 0.743. The smallest absolute Gasteiger partial charge is 0.225 e. The highest BCUT2D eigenvalue weighted by molar-refractivity contribution is 14.1. The number of amides is 1. The lowest BCUT2D eigenvalue weighted by atomic mass is 10.2. The predicted molar refractivity (Wildman–Crippen MR) is 74.5 cm³/mol. The summed E-state index contributed by atoms with van der Waals surface area (Å²) in [5.41, 5.74) is 1.01. The largest absolute Gasteiger partial charge is 0.310 e. The molecule has 0 aliphatic rings. The molecule has 0 radical (unpaired) electrons. The van der Waals surface area contributed by atoms with Crippen LogP contribution in [0.25, 0.3) is 0 Å². The van der Waals surface area contributed by atoms with Gasteiger partial charge in [-0.2, -0.15) is 0 Å². The molecule has 1 N–H and O–H groups in total. The average molecular weight is 332 g/mol. The molecule has 0 saturated carbocycles. The number of nitrogens with one attached hydrogen (secondary N) is 1. The van der Waals surface area contributed by atoms with Crippen LogP contribution in [0.4, 0.5) is 5.82 Å². The van der Waals surface area contributed by atoms with E-state index in [1.165, 1.54) is 0 Å². The summed E-state index contributed by atoms with van der Waals surface area (Å²) in [7, 11) is 0. The number of carbonyl (C=O) groups excluding carboxylic acids is 1. The van der Waals surface area contributed by atoms with Crippen molar-refractivity contribution in [3.8, 4) is 0 Å². The molecule has 1 amide bonds. The monoisotopic (exact) mass is 332 g/mol. The van der Waals surface area contributed by atoms with Gasteiger partial charge in [-0.1, -0.05) is 19.8 Å². The number of pyridine rings is 1. The lowest BCUT2D eigenvalue weighted by molar-refractivity contribution is -0.116. The van der Waals surface area contributed by atoms with Gasteiger partial charge in [0, 0.05) is 16.2 Å². The van der Waals surface area contributed by atoms with Crippen LogP contribution in [0.5, 0.6) is 0 Å². The van der Waals surface area contributed by atoms with E-state index in [1.54, 1.807) is 6.20 Å². The zero-order valence-electron chi connectivity index (χ0n) is 9.72. The van der Waals surface area contributed by atoms with Crippen molar-refractivity contribution in [2.75, 3.05) is 5.32 Å². The first kappa shape index (κ1) is 13.4. The molecule has 0 atom stereocenters. The molecule has 1 heterocycles. The number of rotatable bonds is 5. The molecule has 1 aromatic rings. The second kappa shape index (κ2) is 6.83. The van der Waals surface area contributed by atoms with Crippen LogP contribution >= 0.6 is 22.6 Å². The van der Waals surface area contributed by atoms with Crippen LogP contribution in [0, 0.1) is 10.5 Å². The quantitative estimate of drug-likeness (QED) is 0.662. The van der Waals surface area contributed by atoms with Gasteiger partial charge in [-0.25, -0.2) is 4.98 Å². The molecule has 0 saturated heterocycles. The van der Waals surface area contributed by atoms with Crippen LogP contribution in [0.2, 0.25) is 0 Å². The van der Waals surface area contributed by atoms with E-state index in [9.17, 15) is 4.79 Å². The summed E-state index contributed by atoms with van der Waals surface area (Å²) < 4.78 is 1.08. The molecular weight excluding hydrogens is 315 g/mol. The number of hydrogen-bond donors (Lipinski definition) is 1. The Labute approximate surface area is 110 Å². The third-order valence-electron chi connectivity index (χ3n) is 2.31. The van der Waals surface area contributed by atoms with E-state index in [4.69, 9.17) is 0 Å². The normalized spacial score (nSPS) is 10.2. The van der Waals surface area contributed by atoms with Gasteiger partial charge in [0.25, 0.3) is 0 Å². The summed E-state index contributed by atoms with van der Waals surface area (Å²) in [5, 5.41) is 2.84. The van der Waals surface area contributed by atoms with Gasteiger partial charge in [-0.3, -0.25) is 4.79 Å². The molecule has 0 aliphatic heterocycles. The Hall–Kier alpha value is -0.650. The number of aryl methyl sites for hydroxylation is 1. The van der Waals surface area contributed by atoms with Gasteiger partial charge in [-0.05, 0) is 47.6 Å². The molecule has 0 bridgehead atoms. The predicted octanol–water partition coefficient (Wildman–Crippen LogP) is 3.51. The molecule has 0 fully saturated rings. The summed E-state index contributed by atoms with van der Waals surface area (Å²) in [6, 6.07) is 2.01. The molecule has 88 valence electrons. The van der Waals surface area contributed by atoms with Crippen molar-refractivity contribution in [2.45, 2.75) is 39.5 Å². The zero-order chi connectivity index (χ0) is 12.0. The molecule has 16 heavy (non-hydrogen) atoms. The molecule has 0 aromatic carbocycles. The molecular formula is C12H17IN2O. The Morgan fingerprint density at radius 3 is 2.88 bits per heavy atom. The lowest BCUT2D eigenvalue weighted by Gasteiger charge is -2.07. The van der Waals surface area contributed by atoms with E-state index >= 15 is 0 Å². The topological polar surface area (TPSA) is 42.0 Å². The first-order valence-electron chi connectivity index (χ1n) is 5.55. The Kier molecular flexibility index (Phi) is 5.73. The molecule has 0 spiro atoms. The second-order valence-electron chi connectivity index (χ2n) is 3.82. The van der Waals surface area contributed by atoms with Crippen LogP contribution in [-0.4, -0.2) is 10.9 Å². The zero-order valence-corrected chi connectivity index (χ0v) is 11.9.